The molecule has 0 spiro atoms. The Bertz CT molecular complexity index is 591. The van der Waals surface area contributed by atoms with Gasteiger partial charge in [-0.3, -0.25) is 0 Å². The topological polar surface area (TPSA) is 35.5 Å². The molecule has 0 aliphatic rings. The van der Waals surface area contributed by atoms with Crippen LogP contribution in [0.4, 0.5) is 0 Å². The third kappa shape index (κ3) is 3.35. The van der Waals surface area contributed by atoms with Crippen molar-refractivity contribution in [1.29, 1.82) is 0 Å². The lowest BCUT2D eigenvalue weighted by Crippen LogP contribution is -2.00. The number of benzene rings is 2. The molecule has 2 aromatic carbocycles. The van der Waals surface area contributed by atoms with Gasteiger partial charge in [-0.05, 0) is 64.8 Å². The molecule has 0 bridgehead atoms. The Labute approximate surface area is 120 Å². The van der Waals surface area contributed by atoms with Gasteiger partial charge >= 0.3 is 5.97 Å². The number of carbonyl (C=O) groups excluding carboxylic acids is 1. The van der Waals surface area contributed by atoms with E-state index in [0.717, 1.165) is 15.8 Å². The quantitative estimate of drug-likeness (QED) is 0.789. The van der Waals surface area contributed by atoms with Crippen molar-refractivity contribution in [2.24, 2.45) is 0 Å². The lowest BCUT2D eigenvalue weighted by molar-refractivity contribution is 0.0600. The van der Waals surface area contributed by atoms with Crippen LogP contribution in [0.5, 0.6) is 11.5 Å². The van der Waals surface area contributed by atoms with Gasteiger partial charge in [0, 0.05) is 0 Å². The van der Waals surface area contributed by atoms with E-state index in [4.69, 9.17) is 4.74 Å². The van der Waals surface area contributed by atoms with Gasteiger partial charge in [0.15, 0.2) is 0 Å². The highest BCUT2D eigenvalue weighted by molar-refractivity contribution is 9.10. The average Bonchev–Trinajstić information content (AvgIpc) is 2.43. The van der Waals surface area contributed by atoms with E-state index in [-0.39, 0.29) is 5.97 Å². The van der Waals surface area contributed by atoms with Gasteiger partial charge in [-0.1, -0.05) is 6.07 Å². The molecule has 2 rings (SSSR count). The summed E-state index contributed by atoms with van der Waals surface area (Å²) >= 11 is 3.44. The third-order valence-corrected chi connectivity index (χ3v) is 3.25. The highest BCUT2D eigenvalue weighted by Gasteiger charge is 2.06. The number of ether oxygens (including phenoxy) is 2. The molecule has 0 heterocycles. The van der Waals surface area contributed by atoms with E-state index in [1.54, 1.807) is 24.3 Å². The summed E-state index contributed by atoms with van der Waals surface area (Å²) in [6.07, 6.45) is 0. The van der Waals surface area contributed by atoms with Crippen LogP contribution >= 0.6 is 15.9 Å². The molecule has 0 aliphatic carbocycles. The molecule has 0 fully saturated rings. The van der Waals surface area contributed by atoms with Crippen molar-refractivity contribution in [3.8, 4) is 11.5 Å². The second-order valence-electron chi connectivity index (χ2n) is 4.05. The minimum Gasteiger partial charge on any atom is -0.465 e. The highest BCUT2D eigenvalue weighted by Crippen LogP contribution is 2.30. The smallest absolute Gasteiger partial charge is 0.337 e. The molecular weight excluding hydrogens is 308 g/mol. The second kappa shape index (κ2) is 5.89. The summed E-state index contributed by atoms with van der Waals surface area (Å²) < 4.78 is 11.3. The molecule has 19 heavy (non-hydrogen) atoms. The van der Waals surface area contributed by atoms with Crippen molar-refractivity contribution in [3.05, 3.63) is 58.1 Å². The first-order valence-corrected chi connectivity index (χ1v) is 6.52. The Morgan fingerprint density at radius 2 is 1.79 bits per heavy atom. The number of rotatable bonds is 3. The highest BCUT2D eigenvalue weighted by atomic mass is 79.9. The molecule has 2 aromatic rings. The van der Waals surface area contributed by atoms with Crippen LogP contribution in [0.2, 0.25) is 0 Å². The summed E-state index contributed by atoms with van der Waals surface area (Å²) in [6, 6.07) is 12.7. The van der Waals surface area contributed by atoms with Gasteiger partial charge in [-0.25, -0.2) is 4.79 Å². The fraction of sp³-hybridized carbons (Fsp3) is 0.133. The van der Waals surface area contributed by atoms with E-state index in [0.29, 0.717) is 11.3 Å². The minimum atomic E-state index is -0.358. The Morgan fingerprint density at radius 1 is 1.11 bits per heavy atom. The number of aryl methyl sites for hydroxylation is 1. The summed E-state index contributed by atoms with van der Waals surface area (Å²) in [5, 5.41) is 0. The van der Waals surface area contributed by atoms with Gasteiger partial charge in [-0.2, -0.15) is 0 Å². The molecule has 0 amide bonds. The molecule has 0 saturated carbocycles. The standard InChI is InChI=1S/C15H13BrO3/c1-10-3-8-13(16)14(9-10)19-12-6-4-11(5-7-12)15(17)18-2/h3-9H,1-2H3. The van der Waals surface area contributed by atoms with E-state index in [1.807, 2.05) is 25.1 Å². The Kier molecular flexibility index (Phi) is 4.22. The van der Waals surface area contributed by atoms with E-state index in [2.05, 4.69) is 20.7 Å². The first-order chi connectivity index (χ1) is 9.10. The van der Waals surface area contributed by atoms with Gasteiger partial charge < -0.3 is 9.47 Å². The van der Waals surface area contributed by atoms with E-state index in [1.165, 1.54) is 7.11 Å². The van der Waals surface area contributed by atoms with Crippen LogP contribution in [0.25, 0.3) is 0 Å². The Morgan fingerprint density at radius 3 is 2.42 bits per heavy atom. The second-order valence-corrected chi connectivity index (χ2v) is 4.91. The lowest BCUT2D eigenvalue weighted by atomic mass is 10.2. The number of esters is 1. The molecule has 0 unspecified atom stereocenters. The maximum atomic E-state index is 11.3. The van der Waals surface area contributed by atoms with Crippen LogP contribution in [0, 0.1) is 6.92 Å². The van der Waals surface area contributed by atoms with Crippen LogP contribution in [0.1, 0.15) is 15.9 Å². The van der Waals surface area contributed by atoms with Crippen LogP contribution in [0.3, 0.4) is 0 Å². The number of hydrogen-bond acceptors (Lipinski definition) is 3. The molecule has 3 nitrogen and oxygen atoms in total. The number of carbonyl (C=O) groups is 1. The number of halogens is 1. The summed E-state index contributed by atoms with van der Waals surface area (Å²) in [5.41, 5.74) is 1.61. The van der Waals surface area contributed by atoms with E-state index < -0.39 is 0 Å². The van der Waals surface area contributed by atoms with Crippen LogP contribution in [-0.4, -0.2) is 13.1 Å². The summed E-state index contributed by atoms with van der Waals surface area (Å²) in [7, 11) is 1.36. The predicted molar refractivity (Wildman–Crippen MR) is 76.7 cm³/mol. The van der Waals surface area contributed by atoms with Crippen LogP contribution in [0.15, 0.2) is 46.9 Å². The van der Waals surface area contributed by atoms with Gasteiger partial charge in [-0.15, -0.1) is 0 Å². The van der Waals surface area contributed by atoms with Gasteiger partial charge in [0.25, 0.3) is 0 Å². The summed E-state index contributed by atoms with van der Waals surface area (Å²) in [6.45, 7) is 2.00. The first kappa shape index (κ1) is 13.6. The normalized spacial score (nSPS) is 10.1. The largest absolute Gasteiger partial charge is 0.465 e. The predicted octanol–water partition coefficient (Wildman–Crippen LogP) is 4.34. The van der Waals surface area contributed by atoms with E-state index in [9.17, 15) is 4.79 Å². The molecule has 4 heteroatoms. The van der Waals surface area contributed by atoms with Crippen molar-refractivity contribution in [3.63, 3.8) is 0 Å². The zero-order chi connectivity index (χ0) is 13.8. The molecule has 0 aliphatic heterocycles. The molecule has 0 atom stereocenters. The average molecular weight is 321 g/mol. The van der Waals surface area contributed by atoms with E-state index >= 15 is 0 Å². The maximum Gasteiger partial charge on any atom is 0.337 e. The fourth-order valence-electron chi connectivity index (χ4n) is 1.59. The van der Waals surface area contributed by atoms with Gasteiger partial charge in [0.1, 0.15) is 11.5 Å². The molecule has 98 valence electrons. The van der Waals surface area contributed by atoms with Crippen molar-refractivity contribution in [2.45, 2.75) is 6.92 Å². The first-order valence-electron chi connectivity index (χ1n) is 5.72. The SMILES string of the molecule is COC(=O)c1ccc(Oc2cc(C)ccc2Br)cc1. The van der Waals surface area contributed by atoms with Crippen molar-refractivity contribution in [1.82, 2.24) is 0 Å². The monoisotopic (exact) mass is 320 g/mol. The maximum absolute atomic E-state index is 11.3. The molecular formula is C15H13BrO3. The minimum absolute atomic E-state index is 0.358. The van der Waals surface area contributed by atoms with Crippen molar-refractivity contribution in [2.75, 3.05) is 7.11 Å². The fourth-order valence-corrected chi connectivity index (χ4v) is 1.92. The number of methoxy groups -OCH3 is 1. The van der Waals surface area contributed by atoms with Crippen molar-refractivity contribution >= 4 is 21.9 Å². The van der Waals surface area contributed by atoms with Gasteiger partial charge in [0.05, 0.1) is 17.1 Å². The molecule has 0 aromatic heterocycles. The Hall–Kier alpha value is -1.81. The molecule has 0 N–H and O–H groups in total. The molecule has 0 radical (unpaired) electrons. The lowest BCUT2D eigenvalue weighted by Gasteiger charge is -2.09. The van der Waals surface area contributed by atoms with Crippen LogP contribution < -0.4 is 4.74 Å². The van der Waals surface area contributed by atoms with Crippen molar-refractivity contribution < 1.29 is 14.3 Å². The summed E-state index contributed by atoms with van der Waals surface area (Å²) in [4.78, 5) is 11.3. The van der Waals surface area contributed by atoms with Gasteiger partial charge in [0.2, 0.25) is 0 Å². The molecule has 0 saturated heterocycles. The third-order valence-electron chi connectivity index (χ3n) is 2.59. The summed E-state index contributed by atoms with van der Waals surface area (Å²) in [5.74, 6) is 1.05. The zero-order valence-electron chi connectivity index (χ0n) is 10.6. The zero-order valence-corrected chi connectivity index (χ0v) is 12.2. The number of hydrogen-bond donors (Lipinski definition) is 0. The van der Waals surface area contributed by atoms with Crippen LogP contribution in [-0.2, 0) is 4.74 Å². The Balaban J connectivity index is 2.19.